The first-order valence-electron chi connectivity index (χ1n) is 6.60. The monoisotopic (exact) mass is 263 g/mol. The second-order valence-corrected chi connectivity index (χ2v) is 5.02. The molecule has 19 heavy (non-hydrogen) atoms. The summed E-state index contributed by atoms with van der Waals surface area (Å²) in [4.78, 5) is 17.2. The molecule has 1 saturated carbocycles. The first-order chi connectivity index (χ1) is 9.25. The molecule has 0 aromatic heterocycles. The molecule has 5 nitrogen and oxygen atoms in total. The van der Waals surface area contributed by atoms with Crippen LogP contribution < -0.4 is 0 Å². The highest BCUT2D eigenvalue weighted by Gasteiger charge is 2.48. The lowest BCUT2D eigenvalue weighted by molar-refractivity contribution is -0.209. The van der Waals surface area contributed by atoms with Crippen molar-refractivity contribution in [2.75, 3.05) is 0 Å². The summed E-state index contributed by atoms with van der Waals surface area (Å²) in [5.41, 5.74) is 0.929. The van der Waals surface area contributed by atoms with E-state index in [1.165, 1.54) is 5.06 Å². The van der Waals surface area contributed by atoms with Crippen LogP contribution in [-0.2, 0) is 16.2 Å². The Morgan fingerprint density at radius 2 is 2.16 bits per heavy atom. The quantitative estimate of drug-likeness (QED) is 0.887. The minimum Gasteiger partial charge on any atom is -0.443 e. The normalized spacial score (nSPS) is 29.3. The Kier molecular flexibility index (Phi) is 3.40. The molecule has 5 heteroatoms. The number of amides is 1. The lowest BCUT2D eigenvalue weighted by Gasteiger charge is -2.20. The fraction of sp³-hybridized carbons (Fsp3) is 0.500. The number of hydroxylamine groups is 2. The highest BCUT2D eigenvalue weighted by molar-refractivity contribution is 5.67. The maximum Gasteiger partial charge on any atom is 0.434 e. The molecular weight excluding hydrogens is 246 g/mol. The summed E-state index contributed by atoms with van der Waals surface area (Å²) in [5, 5.41) is 10.9. The number of ether oxygens (including phenoxy) is 1. The van der Waals surface area contributed by atoms with Gasteiger partial charge in [-0.2, -0.15) is 5.06 Å². The zero-order chi connectivity index (χ0) is 13.2. The number of hydrogen-bond acceptors (Lipinski definition) is 4. The third-order valence-electron chi connectivity index (χ3n) is 3.81. The summed E-state index contributed by atoms with van der Waals surface area (Å²) >= 11 is 0. The molecule has 0 spiro atoms. The smallest absolute Gasteiger partial charge is 0.434 e. The van der Waals surface area contributed by atoms with E-state index in [9.17, 15) is 9.90 Å². The maximum absolute atomic E-state index is 12.0. The molecular formula is C14H17NO4. The third-order valence-corrected chi connectivity index (χ3v) is 3.81. The van der Waals surface area contributed by atoms with E-state index in [0.29, 0.717) is 0 Å². The Morgan fingerprint density at radius 1 is 1.37 bits per heavy atom. The van der Waals surface area contributed by atoms with E-state index in [2.05, 4.69) is 0 Å². The van der Waals surface area contributed by atoms with Crippen LogP contribution in [0.25, 0.3) is 0 Å². The van der Waals surface area contributed by atoms with Crippen molar-refractivity contribution in [3.8, 4) is 0 Å². The zero-order valence-corrected chi connectivity index (χ0v) is 10.6. The van der Waals surface area contributed by atoms with Crippen molar-refractivity contribution in [3.63, 3.8) is 0 Å². The summed E-state index contributed by atoms with van der Waals surface area (Å²) in [5.74, 6) is 0.0317. The van der Waals surface area contributed by atoms with Gasteiger partial charge in [-0.15, -0.1) is 0 Å². The van der Waals surface area contributed by atoms with Gasteiger partial charge in [0.25, 0.3) is 0 Å². The van der Waals surface area contributed by atoms with Gasteiger partial charge in [0.1, 0.15) is 6.61 Å². The molecule has 1 amide bonds. The van der Waals surface area contributed by atoms with Crippen molar-refractivity contribution >= 4 is 6.09 Å². The number of carbonyl (C=O) groups excluding carboxylic acids is 1. The summed E-state index contributed by atoms with van der Waals surface area (Å²) in [6, 6.07) is 9.45. The topological polar surface area (TPSA) is 59.0 Å². The number of carbonyl (C=O) groups is 1. The molecule has 1 heterocycles. The van der Waals surface area contributed by atoms with Crippen molar-refractivity contribution in [1.82, 2.24) is 5.06 Å². The van der Waals surface area contributed by atoms with Gasteiger partial charge in [-0.3, -0.25) is 0 Å². The average Bonchev–Trinajstić information content (AvgIpc) is 3.02. The first kappa shape index (κ1) is 12.4. The summed E-state index contributed by atoms with van der Waals surface area (Å²) < 4.78 is 5.22. The number of aliphatic hydroxyl groups is 1. The largest absolute Gasteiger partial charge is 0.443 e. The maximum atomic E-state index is 12.0. The zero-order valence-electron chi connectivity index (χ0n) is 10.6. The number of nitrogens with zero attached hydrogens (tertiary/aromatic N) is 1. The van der Waals surface area contributed by atoms with E-state index >= 15 is 0 Å². The molecule has 1 aromatic carbocycles. The molecule has 0 unspecified atom stereocenters. The molecule has 102 valence electrons. The molecule has 1 aliphatic heterocycles. The highest BCUT2D eigenvalue weighted by Crippen LogP contribution is 2.39. The second-order valence-electron chi connectivity index (χ2n) is 5.02. The molecule has 2 fully saturated rings. The van der Waals surface area contributed by atoms with E-state index in [-0.39, 0.29) is 18.6 Å². The predicted molar refractivity (Wildman–Crippen MR) is 66.7 cm³/mol. The first-order valence-corrected chi connectivity index (χ1v) is 6.60. The Labute approximate surface area is 111 Å². The molecule has 1 aromatic rings. The molecule has 1 saturated heterocycles. The van der Waals surface area contributed by atoms with E-state index in [0.717, 1.165) is 24.8 Å². The Balaban J connectivity index is 1.59. The van der Waals surface area contributed by atoms with Crippen LogP contribution in [0.15, 0.2) is 30.3 Å². The fourth-order valence-corrected chi connectivity index (χ4v) is 2.83. The summed E-state index contributed by atoms with van der Waals surface area (Å²) in [6.07, 6.45) is 1.38. The van der Waals surface area contributed by atoms with E-state index < -0.39 is 12.4 Å². The molecule has 0 radical (unpaired) electrons. The number of fused-ring (bicyclic) bond motifs is 1. The predicted octanol–water partition coefficient (Wildman–Crippen LogP) is 2.06. The van der Waals surface area contributed by atoms with Crippen molar-refractivity contribution in [3.05, 3.63) is 35.9 Å². The fourth-order valence-electron chi connectivity index (χ4n) is 2.83. The molecule has 1 aliphatic carbocycles. The molecule has 3 rings (SSSR count). The van der Waals surface area contributed by atoms with E-state index in [1.807, 2.05) is 30.3 Å². The standard InChI is InChI=1S/C14H17NO4/c16-13-11-7-4-8-12(11)15(19-13)14(17)18-9-10-5-2-1-3-6-10/h1-3,5-6,11-13,16H,4,7-9H2/t11-,12+,13+/m0/s1. The molecule has 0 bridgehead atoms. The van der Waals surface area contributed by atoms with Crippen LogP contribution in [0.4, 0.5) is 4.79 Å². The molecule has 2 aliphatic rings. The van der Waals surface area contributed by atoms with Gasteiger partial charge in [-0.1, -0.05) is 36.8 Å². The van der Waals surface area contributed by atoms with Gasteiger partial charge >= 0.3 is 6.09 Å². The lowest BCUT2D eigenvalue weighted by atomic mass is 10.1. The van der Waals surface area contributed by atoms with Crippen molar-refractivity contribution in [2.24, 2.45) is 5.92 Å². The highest BCUT2D eigenvalue weighted by atomic mass is 16.8. The van der Waals surface area contributed by atoms with Crippen molar-refractivity contribution < 1.29 is 19.5 Å². The van der Waals surface area contributed by atoms with Crippen molar-refractivity contribution in [2.45, 2.75) is 38.2 Å². The third kappa shape index (κ3) is 2.43. The van der Waals surface area contributed by atoms with Crippen LogP contribution in [0.5, 0.6) is 0 Å². The Bertz CT molecular complexity index is 450. The van der Waals surface area contributed by atoms with Crippen LogP contribution in [0.3, 0.4) is 0 Å². The van der Waals surface area contributed by atoms with Gasteiger partial charge in [-0.05, 0) is 18.4 Å². The van der Waals surface area contributed by atoms with Gasteiger partial charge < -0.3 is 9.84 Å². The number of rotatable bonds is 2. The van der Waals surface area contributed by atoms with Gasteiger partial charge in [0.05, 0.1) is 6.04 Å². The van der Waals surface area contributed by atoms with E-state index in [4.69, 9.17) is 9.57 Å². The summed E-state index contributed by atoms with van der Waals surface area (Å²) in [6.45, 7) is 0.215. The van der Waals surface area contributed by atoms with Crippen LogP contribution in [0.1, 0.15) is 24.8 Å². The minimum atomic E-state index is -0.878. The van der Waals surface area contributed by atoms with Crippen LogP contribution >= 0.6 is 0 Å². The number of aliphatic hydroxyl groups excluding tert-OH is 1. The van der Waals surface area contributed by atoms with Crippen LogP contribution in [0, 0.1) is 5.92 Å². The van der Waals surface area contributed by atoms with Gasteiger partial charge in [0.15, 0.2) is 6.29 Å². The van der Waals surface area contributed by atoms with Gasteiger partial charge in [0.2, 0.25) is 0 Å². The van der Waals surface area contributed by atoms with Crippen molar-refractivity contribution in [1.29, 1.82) is 0 Å². The number of benzene rings is 1. The second kappa shape index (κ2) is 5.19. The Morgan fingerprint density at radius 3 is 2.95 bits per heavy atom. The lowest BCUT2D eigenvalue weighted by Crippen LogP contribution is -2.35. The number of hydrogen-bond donors (Lipinski definition) is 1. The Hall–Kier alpha value is -1.59. The minimum absolute atomic E-state index is 0.0317. The van der Waals surface area contributed by atoms with Crippen LogP contribution in [0.2, 0.25) is 0 Å². The van der Waals surface area contributed by atoms with Gasteiger partial charge in [0, 0.05) is 5.92 Å². The van der Waals surface area contributed by atoms with Crippen LogP contribution in [-0.4, -0.2) is 28.6 Å². The molecule has 1 N–H and O–H groups in total. The van der Waals surface area contributed by atoms with E-state index in [1.54, 1.807) is 0 Å². The van der Waals surface area contributed by atoms with Gasteiger partial charge in [-0.25, -0.2) is 9.63 Å². The SMILES string of the molecule is O=C(OCc1ccccc1)N1O[C@@H](O)[C@H]2CCC[C@H]21. The summed E-state index contributed by atoms with van der Waals surface area (Å²) in [7, 11) is 0. The average molecular weight is 263 g/mol. The molecule has 3 atom stereocenters.